The summed E-state index contributed by atoms with van der Waals surface area (Å²) in [6, 6.07) is 0.892. The molecule has 6 aromatic heterocycles. The van der Waals surface area contributed by atoms with Gasteiger partial charge in [0.05, 0.1) is 26.1 Å². The Labute approximate surface area is 260 Å². The van der Waals surface area contributed by atoms with Crippen LogP contribution in [0.3, 0.4) is 0 Å². The van der Waals surface area contributed by atoms with Crippen LogP contribution in [0, 0.1) is 0 Å². The van der Waals surface area contributed by atoms with Crippen LogP contribution < -0.4 is 26.2 Å². The van der Waals surface area contributed by atoms with Gasteiger partial charge in [0, 0.05) is 39.3 Å². The van der Waals surface area contributed by atoms with E-state index in [0.29, 0.717) is 46.5 Å². The summed E-state index contributed by atoms with van der Waals surface area (Å²) in [5.41, 5.74) is 3.94. The molecule has 0 fully saturated rings. The van der Waals surface area contributed by atoms with Crippen LogP contribution in [0.1, 0.15) is 59.7 Å². The summed E-state index contributed by atoms with van der Waals surface area (Å²) in [4.78, 5) is 47.9. The van der Waals surface area contributed by atoms with Gasteiger partial charge in [-0.05, 0) is 41.5 Å². The second-order valence-corrected chi connectivity index (χ2v) is 10.7. The lowest BCUT2D eigenvalue weighted by Crippen LogP contribution is -2.12. The molecule has 0 unspecified atom stereocenters. The van der Waals surface area contributed by atoms with E-state index in [1.165, 1.54) is 0 Å². The lowest BCUT2D eigenvalue weighted by Gasteiger charge is -2.08. The van der Waals surface area contributed by atoms with Crippen molar-refractivity contribution in [2.24, 2.45) is 0 Å². The van der Waals surface area contributed by atoms with Crippen LogP contribution in [0.2, 0.25) is 0 Å². The number of aromatic amines is 1. The number of ether oxygens (including phenoxy) is 1. The van der Waals surface area contributed by atoms with E-state index in [-0.39, 0.29) is 11.6 Å². The highest BCUT2D eigenvalue weighted by molar-refractivity contribution is 5.82. The van der Waals surface area contributed by atoms with Crippen LogP contribution >= 0.6 is 0 Å². The first-order valence-corrected chi connectivity index (χ1v) is 14.5. The van der Waals surface area contributed by atoms with Crippen LogP contribution in [-0.4, -0.2) is 86.8 Å². The van der Waals surface area contributed by atoms with Crippen molar-refractivity contribution in [1.82, 2.24) is 58.6 Å². The first kappa shape index (κ1) is 32.6. The van der Waals surface area contributed by atoms with E-state index >= 15 is 0 Å². The minimum absolute atomic E-state index is 0.219. The summed E-state index contributed by atoms with van der Waals surface area (Å²) in [6.07, 6.45) is 6.74. The smallest absolute Gasteiger partial charge is 0.280 e. The Hall–Kier alpha value is -5.35. The summed E-state index contributed by atoms with van der Waals surface area (Å²) < 4.78 is 11.1. The maximum Gasteiger partial charge on any atom is 0.280 e. The van der Waals surface area contributed by atoms with Crippen molar-refractivity contribution in [2.45, 2.75) is 59.7 Å². The summed E-state index contributed by atoms with van der Waals surface area (Å²) >= 11 is 0. The molecule has 6 heterocycles. The molecular formula is C28H41N15O2. The van der Waals surface area contributed by atoms with Crippen LogP contribution in [0.5, 0.6) is 5.88 Å². The van der Waals surface area contributed by atoms with E-state index in [4.69, 9.17) is 4.74 Å². The molecule has 0 aliphatic heterocycles. The molecule has 0 spiro atoms. The molecule has 0 radical (unpaired) electrons. The normalized spacial score (nSPS) is 11.1. The molecule has 0 saturated heterocycles. The molecule has 4 N–H and O–H groups in total. The Morgan fingerprint density at radius 1 is 0.667 bits per heavy atom. The van der Waals surface area contributed by atoms with Gasteiger partial charge in [-0.15, -0.1) is 0 Å². The zero-order valence-corrected chi connectivity index (χ0v) is 27.3. The number of hydrogen-bond donors (Lipinski definition) is 4. The van der Waals surface area contributed by atoms with Crippen LogP contribution in [0.15, 0.2) is 30.1 Å². The third-order valence-corrected chi connectivity index (χ3v) is 6.74. The Morgan fingerprint density at radius 2 is 1.22 bits per heavy atom. The number of H-pyrrole nitrogens is 1. The number of anilines is 3. The number of hydrogen-bond acceptors (Lipinski definition) is 13. The highest BCUT2D eigenvalue weighted by Crippen LogP contribution is 2.24. The van der Waals surface area contributed by atoms with E-state index in [1.54, 1.807) is 46.5 Å². The van der Waals surface area contributed by atoms with Gasteiger partial charge in [-0.25, -0.2) is 24.9 Å². The molecule has 0 aliphatic carbocycles. The molecule has 45 heavy (non-hydrogen) atoms. The van der Waals surface area contributed by atoms with E-state index in [2.05, 4.69) is 88.5 Å². The minimum Gasteiger partial charge on any atom is -0.479 e. The second-order valence-electron chi connectivity index (χ2n) is 10.7. The highest BCUT2D eigenvalue weighted by Gasteiger charge is 2.15. The lowest BCUT2D eigenvalue weighted by atomic mass is 10.4. The fourth-order valence-corrected chi connectivity index (χ4v) is 4.36. The van der Waals surface area contributed by atoms with Crippen molar-refractivity contribution in [3.05, 3.63) is 35.7 Å². The van der Waals surface area contributed by atoms with E-state index in [1.807, 2.05) is 34.6 Å². The number of rotatable bonds is 7. The topological polar surface area (TPSA) is 196 Å². The largest absolute Gasteiger partial charge is 0.479 e. The quantitative estimate of drug-likeness (QED) is 0.202. The number of nitrogens with one attached hydrogen (secondary N) is 4. The van der Waals surface area contributed by atoms with Gasteiger partial charge in [0.2, 0.25) is 17.8 Å². The first-order chi connectivity index (χ1) is 21.5. The fraction of sp³-hybridized carbons (Fsp3) is 0.464. The van der Waals surface area contributed by atoms with Gasteiger partial charge >= 0.3 is 0 Å². The highest BCUT2D eigenvalue weighted by atomic mass is 16.5. The third-order valence-electron chi connectivity index (χ3n) is 6.74. The standard InChI is InChI=1S/C10H15N5O.C9H13N5O.C9H13N5/c1-6(2)15-5-12-7-8(15)13-10(11-3)14-9(7)16-4;1-5(2)14-4-11-6-7(14)12-9(10-3)13-8(6)15;1-6(2)14-5-13-7-8(10-3)11-4-12-9(7)14/h5-6H,1-4H3,(H,11,13,14);4-5H,1-3H3,(H2,10,12,13,15);4-6H,1-3H3,(H,10,11,12). The van der Waals surface area contributed by atoms with Crippen molar-refractivity contribution in [3.63, 3.8) is 0 Å². The van der Waals surface area contributed by atoms with E-state index in [0.717, 1.165) is 22.6 Å². The molecule has 0 bridgehead atoms. The van der Waals surface area contributed by atoms with Crippen LogP contribution in [0.25, 0.3) is 33.5 Å². The molecule has 17 nitrogen and oxygen atoms in total. The zero-order chi connectivity index (χ0) is 32.8. The van der Waals surface area contributed by atoms with Gasteiger partial charge in [-0.2, -0.15) is 15.0 Å². The molecule has 0 amide bonds. The van der Waals surface area contributed by atoms with Crippen molar-refractivity contribution < 1.29 is 4.74 Å². The average molecular weight is 620 g/mol. The van der Waals surface area contributed by atoms with Gasteiger partial charge < -0.3 is 34.4 Å². The number of nitrogens with zero attached hydrogens (tertiary/aromatic N) is 11. The maximum atomic E-state index is 11.6. The first-order valence-electron chi connectivity index (χ1n) is 14.5. The molecule has 0 aromatic carbocycles. The van der Waals surface area contributed by atoms with Crippen LogP contribution in [-0.2, 0) is 0 Å². The second kappa shape index (κ2) is 14.0. The molecule has 17 heteroatoms. The summed E-state index contributed by atoms with van der Waals surface area (Å²) in [7, 11) is 6.89. The lowest BCUT2D eigenvalue weighted by molar-refractivity contribution is 0.402. The third kappa shape index (κ3) is 6.76. The zero-order valence-electron chi connectivity index (χ0n) is 27.3. The monoisotopic (exact) mass is 619 g/mol. The fourth-order valence-electron chi connectivity index (χ4n) is 4.36. The summed E-state index contributed by atoms with van der Waals surface area (Å²) in [5, 5.41) is 8.71. The Bertz CT molecular complexity index is 1930. The van der Waals surface area contributed by atoms with Crippen molar-refractivity contribution in [1.29, 1.82) is 0 Å². The summed E-state index contributed by atoms with van der Waals surface area (Å²) in [5.74, 6) is 2.25. The predicted molar refractivity (Wildman–Crippen MR) is 175 cm³/mol. The number of imidazole rings is 3. The molecule has 6 rings (SSSR count). The molecule has 0 atom stereocenters. The van der Waals surface area contributed by atoms with Crippen molar-refractivity contribution in [3.8, 4) is 5.88 Å². The number of fused-ring (bicyclic) bond motifs is 3. The van der Waals surface area contributed by atoms with Gasteiger partial charge in [-0.1, -0.05) is 0 Å². The summed E-state index contributed by atoms with van der Waals surface area (Å²) in [6.45, 7) is 12.4. The Balaban J connectivity index is 0.000000154. The number of aromatic nitrogens is 12. The average Bonchev–Trinajstić information content (AvgIpc) is 3.77. The molecule has 240 valence electrons. The predicted octanol–water partition coefficient (Wildman–Crippen LogP) is 3.65. The van der Waals surface area contributed by atoms with Gasteiger partial charge in [0.25, 0.3) is 5.56 Å². The molecule has 0 saturated carbocycles. The molecule has 6 aromatic rings. The van der Waals surface area contributed by atoms with E-state index in [9.17, 15) is 4.79 Å². The van der Waals surface area contributed by atoms with E-state index < -0.39 is 0 Å². The van der Waals surface area contributed by atoms with Gasteiger partial charge in [0.1, 0.15) is 11.8 Å². The minimum atomic E-state index is -0.219. The Morgan fingerprint density at radius 3 is 1.76 bits per heavy atom. The SMILES string of the molecule is CNc1nc(OC)c2ncn(C(C)C)c2n1.CNc1nc2c(ncn2C(C)C)c(=O)[nH]1.CNc1ncnc2c1ncn2C(C)C. The maximum absolute atomic E-state index is 11.6. The molecular weight excluding hydrogens is 578 g/mol. The van der Waals surface area contributed by atoms with Gasteiger partial charge in [-0.3, -0.25) is 9.78 Å². The Kier molecular flexibility index (Phi) is 10.1. The van der Waals surface area contributed by atoms with Crippen molar-refractivity contribution >= 4 is 51.2 Å². The van der Waals surface area contributed by atoms with Crippen molar-refractivity contribution in [2.75, 3.05) is 44.2 Å². The van der Waals surface area contributed by atoms with Gasteiger partial charge in [0.15, 0.2) is 33.8 Å². The number of methoxy groups -OCH3 is 1. The van der Waals surface area contributed by atoms with Crippen LogP contribution in [0.4, 0.5) is 17.7 Å². The molecule has 0 aliphatic rings.